The van der Waals surface area contributed by atoms with Crippen molar-refractivity contribution in [3.8, 4) is 23.8 Å². The molecule has 0 aliphatic carbocycles. The van der Waals surface area contributed by atoms with Gasteiger partial charge in [-0.2, -0.15) is 10.2 Å². The van der Waals surface area contributed by atoms with E-state index in [2.05, 4.69) is 21.5 Å². The highest BCUT2D eigenvalue weighted by molar-refractivity contribution is 5.92. The van der Waals surface area contributed by atoms with Gasteiger partial charge in [0.1, 0.15) is 0 Å². The van der Waals surface area contributed by atoms with E-state index >= 15 is 0 Å². The van der Waals surface area contributed by atoms with Crippen LogP contribution in [0.25, 0.3) is 0 Å². The quantitative estimate of drug-likeness (QED) is 0.750. The predicted molar refractivity (Wildman–Crippen MR) is 83.1 cm³/mol. The highest BCUT2D eigenvalue weighted by Gasteiger charge is 2.39. The summed E-state index contributed by atoms with van der Waals surface area (Å²) >= 11 is 0. The van der Waals surface area contributed by atoms with Crippen molar-refractivity contribution >= 4 is 11.6 Å². The standard InChI is InChI=1S/C16H19N3O3/c1-4-5-10-16(18-19-16)11-9-14(20)17-12-7-6-8-13(21-2)15(12)22-3/h1,6-8H,5,9-11H2,2-3H3,(H,17,20). The van der Waals surface area contributed by atoms with Crippen LogP contribution in [-0.4, -0.2) is 25.8 Å². The van der Waals surface area contributed by atoms with E-state index in [0.29, 0.717) is 42.9 Å². The van der Waals surface area contributed by atoms with Gasteiger partial charge >= 0.3 is 0 Å². The fraction of sp³-hybridized carbons (Fsp3) is 0.438. The van der Waals surface area contributed by atoms with Gasteiger partial charge < -0.3 is 14.8 Å². The summed E-state index contributed by atoms with van der Waals surface area (Å²) in [4.78, 5) is 12.1. The molecule has 22 heavy (non-hydrogen) atoms. The number of nitrogens with one attached hydrogen (secondary N) is 1. The third kappa shape index (κ3) is 3.76. The van der Waals surface area contributed by atoms with Gasteiger partial charge in [0.05, 0.1) is 19.9 Å². The molecular weight excluding hydrogens is 282 g/mol. The van der Waals surface area contributed by atoms with Crippen LogP contribution in [-0.2, 0) is 4.79 Å². The summed E-state index contributed by atoms with van der Waals surface area (Å²) in [6.45, 7) is 0. The summed E-state index contributed by atoms with van der Waals surface area (Å²) in [7, 11) is 3.08. The molecule has 1 heterocycles. The van der Waals surface area contributed by atoms with Crippen LogP contribution in [0.1, 0.15) is 25.7 Å². The first-order chi connectivity index (χ1) is 10.6. The van der Waals surface area contributed by atoms with E-state index < -0.39 is 5.66 Å². The topological polar surface area (TPSA) is 72.3 Å². The first-order valence-electron chi connectivity index (χ1n) is 7.02. The van der Waals surface area contributed by atoms with Crippen molar-refractivity contribution < 1.29 is 14.3 Å². The first-order valence-corrected chi connectivity index (χ1v) is 7.02. The highest BCUT2D eigenvalue weighted by atomic mass is 16.5. The van der Waals surface area contributed by atoms with E-state index in [-0.39, 0.29) is 5.91 Å². The fourth-order valence-electron chi connectivity index (χ4n) is 2.18. The molecule has 6 heteroatoms. The molecule has 1 amide bonds. The molecule has 0 fully saturated rings. The number of benzene rings is 1. The van der Waals surface area contributed by atoms with E-state index in [1.54, 1.807) is 25.3 Å². The number of terminal acetylenes is 1. The van der Waals surface area contributed by atoms with Gasteiger partial charge in [-0.25, -0.2) is 0 Å². The van der Waals surface area contributed by atoms with Gasteiger partial charge in [0.25, 0.3) is 0 Å². The van der Waals surface area contributed by atoms with Crippen LogP contribution < -0.4 is 14.8 Å². The van der Waals surface area contributed by atoms with E-state index in [9.17, 15) is 4.79 Å². The van der Waals surface area contributed by atoms with E-state index in [0.717, 1.165) is 0 Å². The number of carbonyl (C=O) groups is 1. The number of nitrogens with zero attached hydrogens (tertiary/aromatic N) is 2. The van der Waals surface area contributed by atoms with Crippen molar-refractivity contribution in [3.63, 3.8) is 0 Å². The second-order valence-corrected chi connectivity index (χ2v) is 4.98. The molecular formula is C16H19N3O3. The molecule has 116 valence electrons. The van der Waals surface area contributed by atoms with Gasteiger partial charge in [-0.1, -0.05) is 6.07 Å². The largest absolute Gasteiger partial charge is 0.493 e. The number of anilines is 1. The second-order valence-electron chi connectivity index (χ2n) is 4.98. The lowest BCUT2D eigenvalue weighted by Crippen LogP contribution is -2.18. The molecule has 1 N–H and O–H groups in total. The van der Waals surface area contributed by atoms with Crippen molar-refractivity contribution in [1.29, 1.82) is 0 Å². The molecule has 0 aromatic heterocycles. The average Bonchev–Trinajstić information content (AvgIpc) is 3.31. The Balaban J connectivity index is 1.92. The maximum absolute atomic E-state index is 12.1. The zero-order valence-electron chi connectivity index (χ0n) is 12.8. The molecule has 0 bridgehead atoms. The zero-order valence-corrected chi connectivity index (χ0v) is 12.8. The Bertz CT molecular complexity index is 614. The Labute approximate surface area is 129 Å². The Morgan fingerprint density at radius 2 is 2.09 bits per heavy atom. The van der Waals surface area contributed by atoms with E-state index in [1.165, 1.54) is 7.11 Å². The minimum absolute atomic E-state index is 0.121. The number of para-hydroxylation sites is 1. The van der Waals surface area contributed by atoms with Crippen molar-refractivity contribution in [1.82, 2.24) is 0 Å². The molecule has 0 spiro atoms. The summed E-state index contributed by atoms with van der Waals surface area (Å²) in [5, 5.41) is 10.9. The number of carbonyl (C=O) groups excluding carboxylic acids is 1. The summed E-state index contributed by atoms with van der Waals surface area (Å²) < 4.78 is 10.5. The molecule has 0 unspecified atom stereocenters. The minimum Gasteiger partial charge on any atom is -0.493 e. The summed E-state index contributed by atoms with van der Waals surface area (Å²) in [5.41, 5.74) is 0.136. The maximum atomic E-state index is 12.1. The van der Waals surface area contributed by atoms with Gasteiger partial charge in [0, 0.05) is 25.7 Å². The predicted octanol–water partition coefficient (Wildman–Crippen LogP) is 3.00. The normalized spacial score (nSPS) is 14.0. The lowest BCUT2D eigenvalue weighted by molar-refractivity contribution is -0.116. The molecule has 1 aromatic carbocycles. The van der Waals surface area contributed by atoms with Crippen LogP contribution >= 0.6 is 0 Å². The lowest BCUT2D eigenvalue weighted by atomic mass is 10.0. The van der Waals surface area contributed by atoms with E-state index in [4.69, 9.17) is 15.9 Å². The highest BCUT2D eigenvalue weighted by Crippen LogP contribution is 2.38. The molecule has 0 saturated carbocycles. The Morgan fingerprint density at radius 3 is 2.68 bits per heavy atom. The number of amides is 1. The molecule has 0 saturated heterocycles. The van der Waals surface area contributed by atoms with Gasteiger partial charge in [0.15, 0.2) is 17.2 Å². The Kier molecular flexibility index (Phi) is 4.99. The van der Waals surface area contributed by atoms with Crippen LogP contribution in [0.2, 0.25) is 0 Å². The number of ether oxygens (including phenoxy) is 2. The minimum atomic E-state index is -0.442. The molecule has 1 aliphatic heterocycles. The van der Waals surface area contributed by atoms with Crippen LogP contribution in [0, 0.1) is 12.3 Å². The zero-order chi connectivity index (χ0) is 16.0. The van der Waals surface area contributed by atoms with E-state index in [1.807, 2.05) is 0 Å². The molecule has 1 aliphatic rings. The molecule has 2 rings (SSSR count). The average molecular weight is 301 g/mol. The lowest BCUT2D eigenvalue weighted by Gasteiger charge is -2.14. The van der Waals surface area contributed by atoms with Gasteiger partial charge in [-0.3, -0.25) is 4.79 Å². The summed E-state index contributed by atoms with van der Waals surface area (Å²) in [6.07, 6.45) is 7.43. The van der Waals surface area contributed by atoms with Crippen LogP contribution in [0.4, 0.5) is 5.69 Å². The van der Waals surface area contributed by atoms with Gasteiger partial charge in [0.2, 0.25) is 5.91 Å². The van der Waals surface area contributed by atoms with Gasteiger partial charge in [-0.05, 0) is 12.1 Å². The monoisotopic (exact) mass is 301 g/mol. The smallest absolute Gasteiger partial charge is 0.224 e. The first kappa shape index (κ1) is 15.8. The SMILES string of the molecule is C#CCCC1(CCC(=O)Nc2cccc(OC)c2OC)N=N1. The Hall–Kier alpha value is -2.55. The number of hydrogen-bond acceptors (Lipinski definition) is 5. The molecule has 0 radical (unpaired) electrons. The van der Waals surface area contributed by atoms with Crippen molar-refractivity contribution in [2.24, 2.45) is 10.2 Å². The third-order valence-corrected chi connectivity index (χ3v) is 3.48. The van der Waals surface area contributed by atoms with Crippen molar-refractivity contribution in [2.75, 3.05) is 19.5 Å². The summed E-state index contributed by atoms with van der Waals surface area (Å²) in [6, 6.07) is 5.32. The number of hydrogen-bond donors (Lipinski definition) is 1. The number of methoxy groups -OCH3 is 2. The van der Waals surface area contributed by atoms with Gasteiger partial charge in [-0.15, -0.1) is 12.3 Å². The second kappa shape index (κ2) is 6.94. The summed E-state index contributed by atoms with van der Waals surface area (Å²) in [5.74, 6) is 3.52. The van der Waals surface area contributed by atoms with Crippen LogP contribution in [0.15, 0.2) is 28.4 Å². The molecule has 0 atom stereocenters. The maximum Gasteiger partial charge on any atom is 0.224 e. The van der Waals surface area contributed by atoms with Crippen LogP contribution in [0.3, 0.4) is 0 Å². The van der Waals surface area contributed by atoms with Crippen molar-refractivity contribution in [3.05, 3.63) is 18.2 Å². The van der Waals surface area contributed by atoms with Crippen LogP contribution in [0.5, 0.6) is 11.5 Å². The number of rotatable bonds is 8. The fourth-order valence-corrected chi connectivity index (χ4v) is 2.18. The third-order valence-electron chi connectivity index (χ3n) is 3.48. The Morgan fingerprint density at radius 1 is 1.32 bits per heavy atom. The molecule has 1 aromatic rings. The molecule has 6 nitrogen and oxygen atoms in total. The van der Waals surface area contributed by atoms with Crippen molar-refractivity contribution in [2.45, 2.75) is 31.3 Å².